The molecule has 2 atom stereocenters. The molecule has 0 aliphatic carbocycles. The van der Waals surface area contributed by atoms with E-state index in [9.17, 15) is 4.79 Å². The van der Waals surface area contributed by atoms with Crippen molar-refractivity contribution in [1.82, 2.24) is 19.0 Å². The molecule has 2 fully saturated rings. The van der Waals surface area contributed by atoms with Gasteiger partial charge in [-0.1, -0.05) is 6.42 Å². The second-order valence-electron chi connectivity index (χ2n) is 7.57. The number of fused-ring (bicyclic) bond motifs is 1. The van der Waals surface area contributed by atoms with Crippen molar-refractivity contribution in [2.24, 2.45) is 13.0 Å². The maximum atomic E-state index is 12.4. The number of nitrogens with zero attached hydrogens (tertiary/aromatic N) is 4. The molecule has 0 spiro atoms. The first-order chi connectivity index (χ1) is 12.2. The van der Waals surface area contributed by atoms with Crippen molar-refractivity contribution in [3.63, 3.8) is 0 Å². The number of pyridine rings is 1. The monoisotopic (exact) mass is 340 g/mol. The third kappa shape index (κ3) is 3.30. The van der Waals surface area contributed by atoms with Crippen molar-refractivity contribution in [3.05, 3.63) is 41.1 Å². The van der Waals surface area contributed by atoms with Crippen LogP contribution in [0.5, 0.6) is 0 Å². The number of imidazole rings is 1. The second kappa shape index (κ2) is 7.16. The van der Waals surface area contributed by atoms with E-state index in [1.54, 1.807) is 17.8 Å². The van der Waals surface area contributed by atoms with Gasteiger partial charge in [0, 0.05) is 38.2 Å². The van der Waals surface area contributed by atoms with Gasteiger partial charge in [-0.2, -0.15) is 0 Å². The summed E-state index contributed by atoms with van der Waals surface area (Å²) in [4.78, 5) is 19.6. The highest BCUT2D eigenvalue weighted by molar-refractivity contribution is 5.53. The summed E-state index contributed by atoms with van der Waals surface area (Å²) < 4.78 is 3.79. The van der Waals surface area contributed by atoms with E-state index >= 15 is 0 Å². The first-order valence-corrected chi connectivity index (χ1v) is 9.65. The molecule has 4 heterocycles. The van der Waals surface area contributed by atoms with Crippen molar-refractivity contribution < 1.29 is 0 Å². The van der Waals surface area contributed by atoms with Crippen molar-refractivity contribution in [2.45, 2.75) is 51.1 Å². The Balaban J connectivity index is 1.50. The third-order valence-corrected chi connectivity index (χ3v) is 6.05. The Bertz CT molecular complexity index is 776. The van der Waals surface area contributed by atoms with Gasteiger partial charge >= 0.3 is 0 Å². The van der Waals surface area contributed by atoms with Crippen LogP contribution in [0.15, 0.2) is 35.5 Å². The van der Waals surface area contributed by atoms with E-state index < -0.39 is 0 Å². The quantitative estimate of drug-likeness (QED) is 0.859. The summed E-state index contributed by atoms with van der Waals surface area (Å²) in [6, 6.07) is 4.57. The number of aromatic nitrogens is 3. The Morgan fingerprint density at radius 1 is 1.16 bits per heavy atom. The molecule has 2 saturated heterocycles. The normalized spacial score (nSPS) is 24.2. The predicted molar refractivity (Wildman–Crippen MR) is 99.5 cm³/mol. The van der Waals surface area contributed by atoms with Gasteiger partial charge in [0.05, 0.1) is 5.56 Å². The highest BCUT2D eigenvalue weighted by Crippen LogP contribution is 2.33. The number of hydrogen-bond donors (Lipinski definition) is 0. The standard InChI is InChI=1S/C20H28N4O/c1-22-11-5-7-17(20(22)25)19-21-10-15-24(19)14-9-16-6-4-13-23-12-3-2-8-18(16)23/h5,7,10-11,15-16,18H,2-4,6,8-9,12-14H2,1H3/t16-,18+/m0/s1. The number of rotatable bonds is 4. The Kier molecular flexibility index (Phi) is 4.75. The molecule has 0 amide bonds. The van der Waals surface area contributed by atoms with Gasteiger partial charge < -0.3 is 14.0 Å². The highest BCUT2D eigenvalue weighted by atomic mass is 16.1. The van der Waals surface area contributed by atoms with Gasteiger partial charge in [-0.05, 0) is 63.2 Å². The summed E-state index contributed by atoms with van der Waals surface area (Å²) >= 11 is 0. The van der Waals surface area contributed by atoms with E-state index in [1.165, 1.54) is 51.6 Å². The Morgan fingerprint density at radius 2 is 2.04 bits per heavy atom. The molecule has 5 nitrogen and oxygen atoms in total. The summed E-state index contributed by atoms with van der Waals surface area (Å²) in [5.41, 5.74) is 0.712. The number of piperidine rings is 2. The van der Waals surface area contributed by atoms with Crippen LogP contribution in [0.3, 0.4) is 0 Å². The summed E-state index contributed by atoms with van der Waals surface area (Å²) in [6.45, 7) is 3.53. The smallest absolute Gasteiger partial charge is 0.261 e. The van der Waals surface area contributed by atoms with Crippen LogP contribution in [0, 0.1) is 5.92 Å². The Hall–Kier alpha value is -1.88. The average Bonchev–Trinajstić information content (AvgIpc) is 3.10. The molecule has 2 aliphatic rings. The number of aryl methyl sites for hydroxylation is 2. The molecule has 0 bridgehead atoms. The SMILES string of the molecule is Cn1cccc(-c2nccn2CC[C@@H]2CCCN3CCCC[C@H]23)c1=O. The molecular weight excluding hydrogens is 312 g/mol. The lowest BCUT2D eigenvalue weighted by molar-refractivity contribution is 0.0539. The van der Waals surface area contributed by atoms with Crippen LogP contribution in [0.25, 0.3) is 11.4 Å². The fourth-order valence-corrected chi connectivity index (χ4v) is 4.72. The first kappa shape index (κ1) is 16.6. The van der Waals surface area contributed by atoms with Gasteiger partial charge in [0.2, 0.25) is 0 Å². The lowest BCUT2D eigenvalue weighted by Crippen LogP contribution is -2.48. The van der Waals surface area contributed by atoms with Crippen LogP contribution in [0.1, 0.15) is 38.5 Å². The molecule has 134 valence electrons. The largest absolute Gasteiger partial charge is 0.331 e. The minimum Gasteiger partial charge on any atom is -0.331 e. The zero-order chi connectivity index (χ0) is 17.2. The van der Waals surface area contributed by atoms with Gasteiger partial charge in [-0.25, -0.2) is 4.98 Å². The molecule has 25 heavy (non-hydrogen) atoms. The van der Waals surface area contributed by atoms with Gasteiger partial charge in [0.15, 0.2) is 0 Å². The minimum atomic E-state index is 0.0195. The fraction of sp³-hybridized carbons (Fsp3) is 0.600. The molecule has 0 aromatic carbocycles. The van der Waals surface area contributed by atoms with Gasteiger partial charge in [0.25, 0.3) is 5.56 Å². The lowest BCUT2D eigenvalue weighted by Gasteiger charge is -2.44. The Labute approximate surface area is 149 Å². The number of hydrogen-bond acceptors (Lipinski definition) is 3. The average molecular weight is 340 g/mol. The van der Waals surface area contributed by atoms with E-state index in [1.807, 2.05) is 24.5 Å². The summed E-state index contributed by atoms with van der Waals surface area (Å²) in [5, 5.41) is 0. The molecule has 2 aromatic rings. The molecule has 2 aliphatic heterocycles. The van der Waals surface area contributed by atoms with Crippen molar-refractivity contribution >= 4 is 0 Å². The highest BCUT2D eigenvalue weighted by Gasteiger charge is 2.32. The van der Waals surface area contributed by atoms with Gasteiger partial charge in [-0.15, -0.1) is 0 Å². The maximum absolute atomic E-state index is 12.4. The molecule has 0 saturated carbocycles. The van der Waals surface area contributed by atoms with E-state index in [2.05, 4.69) is 14.5 Å². The lowest BCUT2D eigenvalue weighted by atomic mass is 9.81. The van der Waals surface area contributed by atoms with E-state index in [-0.39, 0.29) is 5.56 Å². The topological polar surface area (TPSA) is 43.1 Å². The van der Waals surface area contributed by atoms with Crippen molar-refractivity contribution in [2.75, 3.05) is 13.1 Å². The minimum absolute atomic E-state index is 0.0195. The molecule has 0 radical (unpaired) electrons. The predicted octanol–water partition coefficient (Wildman–Crippen LogP) is 2.90. The summed E-state index contributed by atoms with van der Waals surface area (Å²) in [7, 11) is 1.79. The van der Waals surface area contributed by atoms with Crippen LogP contribution >= 0.6 is 0 Å². The van der Waals surface area contributed by atoms with Crippen molar-refractivity contribution in [1.29, 1.82) is 0 Å². The Morgan fingerprint density at radius 3 is 2.96 bits per heavy atom. The van der Waals surface area contributed by atoms with Gasteiger partial charge in [0.1, 0.15) is 5.82 Å². The summed E-state index contributed by atoms with van der Waals surface area (Å²) in [5.74, 6) is 1.58. The third-order valence-electron chi connectivity index (χ3n) is 6.05. The van der Waals surface area contributed by atoms with Crippen LogP contribution in [0.4, 0.5) is 0 Å². The van der Waals surface area contributed by atoms with Crippen LogP contribution in [-0.2, 0) is 13.6 Å². The molecule has 5 heteroatoms. The van der Waals surface area contributed by atoms with Crippen molar-refractivity contribution in [3.8, 4) is 11.4 Å². The first-order valence-electron chi connectivity index (χ1n) is 9.65. The van der Waals surface area contributed by atoms with Crippen LogP contribution < -0.4 is 5.56 Å². The van der Waals surface area contributed by atoms with Gasteiger partial charge in [-0.3, -0.25) is 4.79 Å². The van der Waals surface area contributed by atoms with E-state index in [4.69, 9.17) is 0 Å². The zero-order valence-electron chi connectivity index (χ0n) is 15.1. The van der Waals surface area contributed by atoms with E-state index in [0.717, 1.165) is 24.3 Å². The second-order valence-corrected chi connectivity index (χ2v) is 7.57. The van der Waals surface area contributed by atoms with Crippen LogP contribution in [0.2, 0.25) is 0 Å². The fourth-order valence-electron chi connectivity index (χ4n) is 4.72. The molecule has 0 N–H and O–H groups in total. The molecular formula is C20H28N4O. The zero-order valence-corrected chi connectivity index (χ0v) is 15.1. The van der Waals surface area contributed by atoms with Crippen LogP contribution in [-0.4, -0.2) is 38.1 Å². The molecule has 0 unspecified atom stereocenters. The van der Waals surface area contributed by atoms with E-state index in [0.29, 0.717) is 5.56 Å². The summed E-state index contributed by atoms with van der Waals surface area (Å²) in [6.07, 6.45) is 13.6. The molecule has 4 rings (SSSR count). The maximum Gasteiger partial charge on any atom is 0.261 e. The molecule has 2 aromatic heterocycles.